The molecule has 2 aromatic carbocycles. The van der Waals surface area contributed by atoms with Gasteiger partial charge in [-0.2, -0.15) is 5.26 Å². The molecule has 0 bridgehead atoms. The maximum Gasteiger partial charge on any atom is 0.243 e. The van der Waals surface area contributed by atoms with Crippen LogP contribution in [0.25, 0.3) is 10.9 Å². The van der Waals surface area contributed by atoms with Gasteiger partial charge in [0.15, 0.2) is 0 Å². The topological polar surface area (TPSA) is 127 Å². The molecule has 2 aromatic heterocycles. The summed E-state index contributed by atoms with van der Waals surface area (Å²) in [7, 11) is 0. The smallest absolute Gasteiger partial charge is 0.243 e. The molecule has 216 valence electrons. The van der Waals surface area contributed by atoms with Crippen LogP contribution in [0.15, 0.2) is 58.9 Å². The average molecular weight is 605 g/mol. The third-order valence-electron chi connectivity index (χ3n) is 7.38. The van der Waals surface area contributed by atoms with Crippen LogP contribution < -0.4 is 21.6 Å². The van der Waals surface area contributed by atoms with Gasteiger partial charge >= 0.3 is 0 Å². The van der Waals surface area contributed by atoms with Crippen LogP contribution in [-0.2, 0) is 5.54 Å². The van der Waals surface area contributed by atoms with Gasteiger partial charge in [0, 0.05) is 42.0 Å². The fraction of sp³-hybridized carbons (Fsp3) is 0.333. The van der Waals surface area contributed by atoms with Crippen molar-refractivity contribution in [3.63, 3.8) is 0 Å². The van der Waals surface area contributed by atoms with E-state index in [2.05, 4.69) is 63.6 Å². The standard InChI is InChI=1S/C30H31Cl2N9O/c1-17-37-39-28(42-17)30(9-10-30)41-15-24(38-40-41)27(20-7-5-6-8-22(20)31)36-19-11-21-25(35-16-29(2,3)4)18(13-33)14-34-26(21)23(32)12-19/h5-8,11-12,14-15,27,36,38,40H,9-10,16H2,1-4H3,(H,34,35)/t27-/m0/s1. The highest BCUT2D eigenvalue weighted by molar-refractivity contribution is 6.36. The molecule has 6 rings (SSSR count). The average Bonchev–Trinajstić information content (AvgIpc) is 3.38. The van der Waals surface area contributed by atoms with Crippen molar-refractivity contribution < 1.29 is 4.42 Å². The Kier molecular flexibility index (Phi) is 7.13. The lowest BCUT2D eigenvalue weighted by atomic mass is 9.96. The highest BCUT2D eigenvalue weighted by Crippen LogP contribution is 2.51. The van der Waals surface area contributed by atoms with E-state index < -0.39 is 5.54 Å². The van der Waals surface area contributed by atoms with Crippen molar-refractivity contribution in [2.45, 2.75) is 52.1 Å². The monoisotopic (exact) mass is 603 g/mol. The highest BCUT2D eigenvalue weighted by Gasteiger charge is 2.55. The Morgan fingerprint density at radius 3 is 2.62 bits per heavy atom. The van der Waals surface area contributed by atoms with Gasteiger partial charge in [0.05, 0.1) is 33.5 Å². The Morgan fingerprint density at radius 2 is 1.95 bits per heavy atom. The summed E-state index contributed by atoms with van der Waals surface area (Å²) in [5.41, 5.74) is 10.4. The van der Waals surface area contributed by atoms with Crippen molar-refractivity contribution in [3.8, 4) is 6.07 Å². The zero-order valence-electron chi connectivity index (χ0n) is 23.7. The zero-order chi connectivity index (χ0) is 29.6. The number of pyridine rings is 1. The molecule has 10 nitrogen and oxygen atoms in total. The number of aryl methyl sites for hydroxylation is 1. The molecule has 0 unspecified atom stereocenters. The maximum atomic E-state index is 9.86. The van der Waals surface area contributed by atoms with Gasteiger partial charge in [-0.05, 0) is 42.0 Å². The number of hydrogen-bond donors (Lipinski definition) is 4. The summed E-state index contributed by atoms with van der Waals surface area (Å²) in [5.74, 6) is 1.10. The van der Waals surface area contributed by atoms with Crippen molar-refractivity contribution in [1.82, 2.24) is 31.2 Å². The molecule has 1 atom stereocenters. The summed E-state index contributed by atoms with van der Waals surface area (Å²) in [5, 5.41) is 29.1. The Hall–Kier alpha value is -4.04. The molecule has 0 amide bonds. The van der Waals surface area contributed by atoms with Crippen molar-refractivity contribution in [2.75, 3.05) is 17.2 Å². The Morgan fingerprint density at radius 1 is 1.17 bits per heavy atom. The summed E-state index contributed by atoms with van der Waals surface area (Å²) in [6, 6.07) is 13.4. The fourth-order valence-corrected chi connectivity index (χ4v) is 5.55. The van der Waals surface area contributed by atoms with Crippen molar-refractivity contribution in [3.05, 3.63) is 87.4 Å². The van der Waals surface area contributed by atoms with Crippen molar-refractivity contribution in [1.29, 1.82) is 5.26 Å². The quantitative estimate of drug-likeness (QED) is 0.175. The number of halogens is 2. The van der Waals surface area contributed by atoms with Gasteiger partial charge in [-0.15, -0.1) is 15.7 Å². The number of hydrogen-bond acceptors (Lipinski definition) is 10. The molecule has 0 saturated heterocycles. The number of nitriles is 1. The van der Waals surface area contributed by atoms with E-state index >= 15 is 0 Å². The van der Waals surface area contributed by atoms with Crippen LogP contribution in [0.3, 0.4) is 0 Å². The molecule has 12 heteroatoms. The van der Waals surface area contributed by atoms with Gasteiger partial charge in [-0.25, -0.2) is 0 Å². The number of nitrogens with zero attached hydrogens (tertiary/aromatic N) is 5. The third-order valence-corrected chi connectivity index (χ3v) is 8.01. The molecule has 1 aliphatic carbocycles. The Labute approximate surface area is 254 Å². The van der Waals surface area contributed by atoms with Gasteiger partial charge in [-0.1, -0.05) is 62.2 Å². The van der Waals surface area contributed by atoms with Gasteiger partial charge < -0.3 is 20.5 Å². The first-order valence-electron chi connectivity index (χ1n) is 13.7. The van der Waals surface area contributed by atoms with Crippen LogP contribution in [0.2, 0.25) is 10.0 Å². The molecule has 1 aliphatic heterocycles. The second-order valence-corrected chi connectivity index (χ2v) is 12.7. The number of benzene rings is 2. The Balaban J connectivity index is 1.40. The predicted octanol–water partition coefficient (Wildman–Crippen LogP) is 6.57. The minimum Gasteiger partial charge on any atom is -0.423 e. The maximum absolute atomic E-state index is 9.86. The lowest BCUT2D eigenvalue weighted by Gasteiger charge is -2.24. The first kappa shape index (κ1) is 28.1. The molecule has 42 heavy (non-hydrogen) atoms. The lowest BCUT2D eigenvalue weighted by molar-refractivity contribution is 0.147. The van der Waals surface area contributed by atoms with E-state index in [0.29, 0.717) is 45.1 Å². The molecular weight excluding hydrogens is 573 g/mol. The Bertz CT molecular complexity index is 1730. The summed E-state index contributed by atoms with van der Waals surface area (Å²) in [6.45, 7) is 8.85. The summed E-state index contributed by atoms with van der Waals surface area (Å²) < 4.78 is 5.80. The molecule has 4 aromatic rings. The minimum atomic E-state index is -0.416. The largest absolute Gasteiger partial charge is 0.423 e. The lowest BCUT2D eigenvalue weighted by Crippen LogP contribution is -2.43. The number of rotatable bonds is 8. The number of anilines is 2. The fourth-order valence-electron chi connectivity index (χ4n) is 5.04. The summed E-state index contributed by atoms with van der Waals surface area (Å²) >= 11 is 13.5. The summed E-state index contributed by atoms with van der Waals surface area (Å²) in [4.78, 5) is 4.50. The van der Waals surface area contributed by atoms with E-state index in [1.165, 1.54) is 0 Å². The molecule has 0 spiro atoms. The van der Waals surface area contributed by atoms with Gasteiger partial charge in [0.2, 0.25) is 11.8 Å². The third kappa shape index (κ3) is 5.31. The van der Waals surface area contributed by atoms with Crippen molar-refractivity contribution in [2.24, 2.45) is 5.41 Å². The zero-order valence-corrected chi connectivity index (χ0v) is 25.2. The predicted molar refractivity (Wildman–Crippen MR) is 163 cm³/mol. The van der Waals surface area contributed by atoms with Crippen LogP contribution in [0.1, 0.15) is 62.6 Å². The van der Waals surface area contributed by atoms with Gasteiger partial charge in [-0.3, -0.25) is 9.99 Å². The molecule has 1 fully saturated rings. The van der Waals surface area contributed by atoms with Gasteiger partial charge in [0.25, 0.3) is 0 Å². The highest BCUT2D eigenvalue weighted by atomic mass is 35.5. The first-order chi connectivity index (χ1) is 20.1. The second-order valence-electron chi connectivity index (χ2n) is 11.9. The van der Waals surface area contributed by atoms with E-state index in [9.17, 15) is 5.26 Å². The minimum absolute atomic E-state index is 0.00450. The number of fused-ring (bicyclic) bond motifs is 1. The van der Waals surface area contributed by atoms with Gasteiger partial charge in [0.1, 0.15) is 11.6 Å². The molecule has 2 aliphatic rings. The van der Waals surface area contributed by atoms with E-state index in [-0.39, 0.29) is 11.5 Å². The number of nitrogens with one attached hydrogen (secondary N) is 4. The molecule has 1 saturated carbocycles. The normalized spacial score (nSPS) is 16.5. The molecule has 3 heterocycles. The molecule has 0 radical (unpaired) electrons. The summed E-state index contributed by atoms with van der Waals surface area (Å²) in [6.07, 6.45) is 5.30. The van der Waals surface area contributed by atoms with E-state index in [4.69, 9.17) is 27.6 Å². The second kappa shape index (κ2) is 10.7. The van der Waals surface area contributed by atoms with E-state index in [1.807, 2.05) is 47.6 Å². The van der Waals surface area contributed by atoms with Crippen LogP contribution in [0.5, 0.6) is 0 Å². The van der Waals surface area contributed by atoms with Crippen LogP contribution in [0, 0.1) is 23.7 Å². The first-order valence-corrected chi connectivity index (χ1v) is 14.4. The van der Waals surface area contributed by atoms with Crippen molar-refractivity contribution >= 4 is 45.5 Å². The number of hydrazine groups is 2. The van der Waals surface area contributed by atoms with Crippen LogP contribution >= 0.6 is 23.2 Å². The molecular formula is C30H31Cl2N9O. The van der Waals surface area contributed by atoms with Crippen LogP contribution in [0.4, 0.5) is 11.4 Å². The van der Waals surface area contributed by atoms with E-state index in [1.54, 1.807) is 13.1 Å². The SMILES string of the molecule is Cc1nnc(C2(N3C=C([C@@H](Nc4cc(Cl)c5ncc(C#N)c(NCC(C)(C)C)c5c4)c4ccccc4Cl)NN3)CC2)o1. The van der Waals surface area contributed by atoms with Crippen LogP contribution in [-0.4, -0.2) is 26.7 Å². The molecule has 4 N–H and O–H groups in total. The number of aromatic nitrogens is 3. The van der Waals surface area contributed by atoms with E-state index in [0.717, 1.165) is 35.2 Å².